The van der Waals surface area contributed by atoms with Gasteiger partial charge in [0.15, 0.2) is 0 Å². The van der Waals surface area contributed by atoms with Gasteiger partial charge >= 0.3 is 6.09 Å². The average molecular weight is 467 g/mol. The number of rotatable bonds is 6. The van der Waals surface area contributed by atoms with Gasteiger partial charge in [-0.2, -0.15) is 0 Å². The summed E-state index contributed by atoms with van der Waals surface area (Å²) in [5.41, 5.74) is 13.7. The van der Waals surface area contributed by atoms with Crippen molar-refractivity contribution in [1.29, 1.82) is 0 Å². The molecular weight excluding hydrogens is 436 g/mol. The van der Waals surface area contributed by atoms with Gasteiger partial charge in [0.2, 0.25) is 0 Å². The number of hydrogen-bond donors (Lipinski definition) is 2. The van der Waals surface area contributed by atoms with Crippen LogP contribution in [-0.2, 0) is 4.74 Å². The highest BCUT2D eigenvalue weighted by Crippen LogP contribution is 2.45. The summed E-state index contributed by atoms with van der Waals surface area (Å²) in [5, 5.41) is 3.92. The van der Waals surface area contributed by atoms with E-state index in [2.05, 4.69) is 39.1 Å². The third-order valence-corrected chi connectivity index (χ3v) is 7.46. The summed E-state index contributed by atoms with van der Waals surface area (Å²) in [6, 6.07) is 18.8. The van der Waals surface area contributed by atoms with Crippen LogP contribution in [0.2, 0.25) is 0 Å². The summed E-state index contributed by atoms with van der Waals surface area (Å²) in [6.45, 7) is 1.96. The molecule has 2 aromatic heterocycles. The molecule has 0 bridgehead atoms. The van der Waals surface area contributed by atoms with E-state index >= 15 is 0 Å². The molecule has 2 fully saturated rings. The topological polar surface area (TPSA) is 82.2 Å². The van der Waals surface area contributed by atoms with Crippen LogP contribution >= 0.6 is 0 Å². The van der Waals surface area contributed by atoms with E-state index in [4.69, 9.17) is 10.5 Å². The molecule has 2 aliphatic rings. The van der Waals surface area contributed by atoms with E-state index < -0.39 is 6.09 Å². The van der Waals surface area contributed by atoms with Crippen LogP contribution in [0.4, 0.5) is 16.2 Å². The number of carbonyl (C=O) groups excluding carboxylic acids is 1. The second-order valence-corrected chi connectivity index (χ2v) is 9.84. The summed E-state index contributed by atoms with van der Waals surface area (Å²) in [7, 11) is 0. The van der Waals surface area contributed by atoms with Gasteiger partial charge in [-0.3, -0.25) is 10.3 Å². The molecule has 1 amide bonds. The number of nitrogens with one attached hydrogen (secondary N) is 1. The first kappa shape index (κ1) is 21.7. The maximum atomic E-state index is 12.3. The molecule has 0 unspecified atom stereocenters. The van der Waals surface area contributed by atoms with Crippen LogP contribution in [-0.4, -0.2) is 21.7 Å². The molecule has 35 heavy (non-hydrogen) atoms. The van der Waals surface area contributed by atoms with E-state index in [1.165, 1.54) is 6.42 Å². The number of hydrogen-bond acceptors (Lipinski definition) is 4. The van der Waals surface area contributed by atoms with E-state index in [1.54, 1.807) is 6.20 Å². The number of carbonyl (C=O) groups is 1. The minimum Gasteiger partial charge on any atom is -0.446 e. The lowest BCUT2D eigenvalue weighted by molar-refractivity contribution is 0.108. The Hall–Kier alpha value is -3.80. The molecular formula is C29H30N4O2. The molecule has 6 heteroatoms. The minimum atomic E-state index is -0.400. The zero-order valence-electron chi connectivity index (χ0n) is 19.9. The van der Waals surface area contributed by atoms with Gasteiger partial charge in [-0.25, -0.2) is 4.79 Å². The lowest BCUT2D eigenvalue weighted by atomic mass is 9.92. The molecule has 2 heterocycles. The molecule has 2 saturated carbocycles. The van der Waals surface area contributed by atoms with Crippen molar-refractivity contribution in [3.8, 4) is 22.4 Å². The maximum absolute atomic E-state index is 12.3. The standard InChI is InChI=1S/C29H30N4O2/c1-18(19-7-8-19)35-29(34)32-23-12-9-20(10-13-23)28-27(30)25-14-11-21(22-4-3-15-31-17-22)16-26(25)33(28)24-5-2-6-24/h3-4,9-19,24H,2,5-8,30H2,1H3,(H,32,34)/t18-/m1/s1. The summed E-state index contributed by atoms with van der Waals surface area (Å²) in [5.74, 6) is 0.512. The van der Waals surface area contributed by atoms with Crippen molar-refractivity contribution in [1.82, 2.24) is 9.55 Å². The van der Waals surface area contributed by atoms with Crippen molar-refractivity contribution in [3.63, 3.8) is 0 Å². The SMILES string of the molecule is C[C@@H](OC(=O)Nc1ccc(-c2c(N)c3ccc(-c4cccnc4)cc3n2C2CCC2)cc1)C1CC1. The summed E-state index contributed by atoms with van der Waals surface area (Å²) < 4.78 is 7.91. The van der Waals surface area contributed by atoms with E-state index in [-0.39, 0.29) is 6.10 Å². The maximum Gasteiger partial charge on any atom is 0.411 e. The van der Waals surface area contributed by atoms with Crippen molar-refractivity contribution in [2.75, 3.05) is 11.1 Å². The van der Waals surface area contributed by atoms with Gasteiger partial charge in [-0.15, -0.1) is 0 Å². The number of benzene rings is 2. The molecule has 4 aromatic rings. The molecule has 2 aromatic carbocycles. The smallest absolute Gasteiger partial charge is 0.411 e. The van der Waals surface area contributed by atoms with Crippen LogP contribution in [0.3, 0.4) is 0 Å². The lowest BCUT2D eigenvalue weighted by Crippen LogP contribution is -2.21. The Labute approximate surface area is 205 Å². The number of nitrogens with zero attached hydrogens (tertiary/aromatic N) is 2. The van der Waals surface area contributed by atoms with E-state index in [0.717, 1.165) is 64.7 Å². The minimum absolute atomic E-state index is 0.0381. The molecule has 6 rings (SSSR count). The Morgan fingerprint density at radius 3 is 2.49 bits per heavy atom. The largest absolute Gasteiger partial charge is 0.446 e. The van der Waals surface area contributed by atoms with Crippen molar-refractivity contribution in [2.45, 2.75) is 51.2 Å². The number of anilines is 2. The predicted octanol–water partition coefficient (Wildman–Crippen LogP) is 7.02. The van der Waals surface area contributed by atoms with Crippen LogP contribution in [0.25, 0.3) is 33.3 Å². The van der Waals surface area contributed by atoms with Gasteiger partial charge < -0.3 is 15.0 Å². The molecule has 2 aliphatic carbocycles. The van der Waals surface area contributed by atoms with Crippen molar-refractivity contribution < 1.29 is 9.53 Å². The van der Waals surface area contributed by atoms with Gasteiger partial charge in [0.05, 0.1) is 16.9 Å². The fourth-order valence-corrected chi connectivity index (χ4v) is 5.06. The molecule has 6 nitrogen and oxygen atoms in total. The highest BCUT2D eigenvalue weighted by atomic mass is 16.6. The summed E-state index contributed by atoms with van der Waals surface area (Å²) in [4.78, 5) is 16.5. The Morgan fingerprint density at radius 2 is 1.83 bits per heavy atom. The first-order chi connectivity index (χ1) is 17.1. The summed E-state index contributed by atoms with van der Waals surface area (Å²) >= 11 is 0. The van der Waals surface area contributed by atoms with E-state index in [0.29, 0.717) is 17.6 Å². The fourth-order valence-electron chi connectivity index (χ4n) is 5.06. The Kier molecular flexibility index (Phi) is 5.44. The second-order valence-electron chi connectivity index (χ2n) is 9.84. The molecule has 1 atom stereocenters. The number of aromatic nitrogens is 2. The van der Waals surface area contributed by atoms with Crippen molar-refractivity contribution in [3.05, 3.63) is 67.0 Å². The van der Waals surface area contributed by atoms with Gasteiger partial charge in [0.1, 0.15) is 6.10 Å². The predicted molar refractivity (Wildman–Crippen MR) is 140 cm³/mol. The number of amides is 1. The number of nitrogen functional groups attached to an aromatic ring is 1. The number of nitrogens with two attached hydrogens (primary N) is 1. The molecule has 3 N–H and O–H groups in total. The van der Waals surface area contributed by atoms with Gasteiger partial charge in [0.25, 0.3) is 0 Å². The van der Waals surface area contributed by atoms with Crippen molar-refractivity contribution in [2.24, 2.45) is 5.92 Å². The first-order valence-electron chi connectivity index (χ1n) is 12.5. The zero-order chi connectivity index (χ0) is 23.9. The Morgan fingerprint density at radius 1 is 1.06 bits per heavy atom. The number of pyridine rings is 1. The van der Waals surface area contributed by atoms with Crippen LogP contribution in [0.1, 0.15) is 45.1 Å². The van der Waals surface area contributed by atoms with Gasteiger partial charge in [-0.05, 0) is 74.8 Å². The molecule has 0 saturated heterocycles. The lowest BCUT2D eigenvalue weighted by Gasteiger charge is -2.30. The second kappa shape index (κ2) is 8.77. The Bertz CT molecular complexity index is 1370. The quantitative estimate of drug-likeness (QED) is 0.320. The summed E-state index contributed by atoms with van der Waals surface area (Å²) in [6.07, 6.45) is 9.07. The number of fused-ring (bicyclic) bond motifs is 1. The highest BCUT2D eigenvalue weighted by molar-refractivity contribution is 6.02. The fraction of sp³-hybridized carbons (Fsp3) is 0.310. The van der Waals surface area contributed by atoms with E-state index in [9.17, 15) is 4.79 Å². The number of ether oxygens (including phenoxy) is 1. The normalized spacial score (nSPS) is 16.6. The van der Waals surface area contributed by atoms with Crippen LogP contribution < -0.4 is 11.1 Å². The average Bonchev–Trinajstić information content (AvgIpc) is 3.65. The van der Waals surface area contributed by atoms with Crippen LogP contribution in [0.15, 0.2) is 67.0 Å². The third-order valence-electron chi connectivity index (χ3n) is 7.46. The highest BCUT2D eigenvalue weighted by Gasteiger charge is 2.31. The van der Waals surface area contributed by atoms with Crippen LogP contribution in [0, 0.1) is 5.92 Å². The molecule has 178 valence electrons. The van der Waals surface area contributed by atoms with Crippen LogP contribution in [0.5, 0.6) is 0 Å². The zero-order valence-corrected chi connectivity index (χ0v) is 19.9. The molecule has 0 aliphatic heterocycles. The van der Waals surface area contributed by atoms with E-state index in [1.807, 2.05) is 43.5 Å². The van der Waals surface area contributed by atoms with Crippen molar-refractivity contribution >= 4 is 28.4 Å². The molecule has 0 spiro atoms. The Balaban J connectivity index is 1.34. The van der Waals surface area contributed by atoms with Gasteiger partial charge in [-0.1, -0.05) is 30.3 Å². The monoisotopic (exact) mass is 466 g/mol. The third kappa shape index (κ3) is 4.14. The van der Waals surface area contributed by atoms with Gasteiger partial charge in [0, 0.05) is 40.6 Å². The first-order valence-corrected chi connectivity index (χ1v) is 12.5. The molecule has 0 radical (unpaired) electrons.